The second kappa shape index (κ2) is 12.0. The molecular weight excluding hydrogens is 547 g/mol. The molecule has 208 valence electrons. The van der Waals surface area contributed by atoms with Crippen molar-refractivity contribution < 1.29 is 18.3 Å². The summed E-state index contributed by atoms with van der Waals surface area (Å²) < 4.78 is 24.7. The van der Waals surface area contributed by atoms with E-state index >= 15 is 0 Å². The average molecular weight is 579 g/mol. The molecule has 0 saturated carbocycles. The molecule has 2 aromatic heterocycles. The van der Waals surface area contributed by atoms with Gasteiger partial charge in [-0.15, -0.1) is 11.3 Å². The van der Waals surface area contributed by atoms with Crippen LogP contribution in [-0.2, 0) is 26.0 Å². The molecule has 0 fully saturated rings. The van der Waals surface area contributed by atoms with Crippen molar-refractivity contribution >= 4 is 40.1 Å². The number of ether oxygens (including phenoxy) is 1. The van der Waals surface area contributed by atoms with Crippen LogP contribution in [0.2, 0.25) is 5.02 Å². The van der Waals surface area contributed by atoms with E-state index in [1.807, 2.05) is 6.07 Å². The van der Waals surface area contributed by atoms with Crippen molar-refractivity contribution in [3.8, 4) is 5.75 Å². The highest BCUT2D eigenvalue weighted by Crippen LogP contribution is 2.45. The van der Waals surface area contributed by atoms with E-state index in [0.717, 1.165) is 30.4 Å². The van der Waals surface area contributed by atoms with E-state index in [1.54, 1.807) is 60.2 Å². The third kappa shape index (κ3) is 6.65. The number of amides is 1. The number of furan rings is 1. The van der Waals surface area contributed by atoms with Crippen LogP contribution in [0.1, 0.15) is 64.9 Å². The summed E-state index contributed by atoms with van der Waals surface area (Å²) in [5, 5.41) is 4.22. The van der Waals surface area contributed by atoms with Crippen molar-refractivity contribution in [2.24, 2.45) is 16.3 Å². The molecule has 40 heavy (non-hydrogen) atoms. The van der Waals surface area contributed by atoms with Crippen LogP contribution in [-0.4, -0.2) is 12.1 Å². The first-order valence-electron chi connectivity index (χ1n) is 13.3. The number of benzene rings is 2. The third-order valence-electron chi connectivity index (χ3n) is 7.30. The minimum Gasteiger partial charge on any atom is -0.488 e. The number of hydrogen-bond donors (Lipinski definition) is 1. The van der Waals surface area contributed by atoms with Crippen molar-refractivity contribution in [1.82, 2.24) is 5.32 Å². The summed E-state index contributed by atoms with van der Waals surface area (Å²) in [5.41, 5.74) is 3.44. The van der Waals surface area contributed by atoms with Crippen molar-refractivity contribution in [2.75, 3.05) is 0 Å². The fraction of sp³-hybridized carbons (Fsp3) is 0.312. The molecule has 0 bridgehead atoms. The van der Waals surface area contributed by atoms with Crippen LogP contribution in [0.5, 0.6) is 5.75 Å². The first kappa shape index (κ1) is 28.1. The van der Waals surface area contributed by atoms with Gasteiger partial charge in [0.2, 0.25) is 0 Å². The highest BCUT2D eigenvalue weighted by Gasteiger charge is 2.33. The molecule has 5 nitrogen and oxygen atoms in total. The summed E-state index contributed by atoms with van der Waals surface area (Å²) in [7, 11) is 0. The molecule has 0 saturated heterocycles. The van der Waals surface area contributed by atoms with Crippen molar-refractivity contribution in [1.29, 1.82) is 0 Å². The van der Waals surface area contributed by atoms with E-state index in [9.17, 15) is 9.18 Å². The second-order valence-electron chi connectivity index (χ2n) is 11.1. The van der Waals surface area contributed by atoms with Gasteiger partial charge in [-0.3, -0.25) is 4.79 Å². The van der Waals surface area contributed by atoms with Gasteiger partial charge in [0.05, 0.1) is 18.4 Å². The van der Waals surface area contributed by atoms with Crippen molar-refractivity contribution in [3.63, 3.8) is 0 Å². The third-order valence-corrected chi connectivity index (χ3v) is 8.70. The zero-order valence-electron chi connectivity index (χ0n) is 22.8. The number of fused-ring (bicyclic) bond motifs is 1. The second-order valence-corrected chi connectivity index (χ2v) is 12.6. The number of hydrogen-bond acceptors (Lipinski definition) is 5. The van der Waals surface area contributed by atoms with Gasteiger partial charge in [0, 0.05) is 21.7 Å². The highest BCUT2D eigenvalue weighted by atomic mass is 35.5. The van der Waals surface area contributed by atoms with E-state index in [0.29, 0.717) is 45.1 Å². The lowest BCUT2D eigenvalue weighted by molar-refractivity contribution is 0.0947. The largest absolute Gasteiger partial charge is 0.488 e. The predicted molar refractivity (Wildman–Crippen MR) is 159 cm³/mol. The Bertz CT molecular complexity index is 1500. The molecule has 4 aromatic rings. The van der Waals surface area contributed by atoms with Gasteiger partial charge in [-0.1, -0.05) is 44.5 Å². The van der Waals surface area contributed by atoms with Gasteiger partial charge in [0.25, 0.3) is 5.91 Å². The molecular formula is C32H32ClFN2O3S. The fourth-order valence-corrected chi connectivity index (χ4v) is 6.38. The fourth-order valence-electron chi connectivity index (χ4n) is 4.93. The van der Waals surface area contributed by atoms with E-state index < -0.39 is 0 Å². The lowest BCUT2D eigenvalue weighted by Crippen LogP contribution is -2.28. The first-order valence-corrected chi connectivity index (χ1v) is 14.5. The summed E-state index contributed by atoms with van der Waals surface area (Å²) in [5.74, 6) is 1.37. The molecule has 1 aliphatic rings. The predicted octanol–water partition coefficient (Wildman–Crippen LogP) is 8.54. The van der Waals surface area contributed by atoms with Gasteiger partial charge in [0.15, 0.2) is 0 Å². The number of rotatable bonds is 8. The molecule has 1 N–H and O–H groups in total. The van der Waals surface area contributed by atoms with Crippen LogP contribution in [0, 0.1) is 17.2 Å². The Morgan fingerprint density at radius 1 is 1.23 bits per heavy atom. The van der Waals surface area contributed by atoms with Crippen LogP contribution < -0.4 is 10.1 Å². The summed E-state index contributed by atoms with van der Waals surface area (Å²) in [6.45, 7) is 7.40. The zero-order valence-corrected chi connectivity index (χ0v) is 24.4. The molecule has 8 heteroatoms. The quantitative estimate of drug-likeness (QED) is 0.213. The zero-order chi connectivity index (χ0) is 28.3. The van der Waals surface area contributed by atoms with E-state index in [1.165, 1.54) is 17.0 Å². The lowest BCUT2D eigenvalue weighted by Gasteiger charge is -2.33. The lowest BCUT2D eigenvalue weighted by atomic mass is 9.72. The number of thiophene rings is 1. The number of halogens is 2. The highest BCUT2D eigenvalue weighted by molar-refractivity contribution is 7.16. The molecule has 0 radical (unpaired) electrons. The van der Waals surface area contributed by atoms with E-state index in [-0.39, 0.29) is 23.7 Å². The Morgan fingerprint density at radius 2 is 2.02 bits per heavy atom. The molecule has 1 aliphatic carbocycles. The molecule has 1 amide bonds. The maximum Gasteiger partial charge on any atom is 0.255 e. The SMILES string of the molecule is CC(C)(C)[C@H]1CCc2c(sc(N=Cc3cc(Cl)ccc3OCc3ccc(F)cc3)c2C(=O)NCc2ccco2)C1. The first-order chi connectivity index (χ1) is 19.2. The van der Waals surface area contributed by atoms with Gasteiger partial charge < -0.3 is 14.5 Å². The van der Waals surface area contributed by atoms with E-state index in [4.69, 9.17) is 25.7 Å². The Balaban J connectivity index is 1.43. The normalized spacial score (nSPS) is 15.3. The summed E-state index contributed by atoms with van der Waals surface area (Å²) in [4.78, 5) is 19.5. The Morgan fingerprint density at radius 3 is 2.75 bits per heavy atom. The van der Waals surface area contributed by atoms with Crippen LogP contribution in [0.3, 0.4) is 0 Å². The average Bonchev–Trinajstić information content (AvgIpc) is 3.58. The summed E-state index contributed by atoms with van der Waals surface area (Å²) >= 11 is 7.90. The minimum absolute atomic E-state index is 0.158. The summed E-state index contributed by atoms with van der Waals surface area (Å²) in [6, 6.07) is 15.2. The topological polar surface area (TPSA) is 63.8 Å². The molecule has 0 spiro atoms. The molecule has 2 aromatic carbocycles. The Labute approximate surface area is 243 Å². The van der Waals surface area contributed by atoms with Crippen molar-refractivity contribution in [3.05, 3.63) is 105 Å². The van der Waals surface area contributed by atoms with Crippen molar-refractivity contribution in [2.45, 2.75) is 53.2 Å². The summed E-state index contributed by atoms with van der Waals surface area (Å²) in [6.07, 6.45) is 6.10. The minimum atomic E-state index is -0.292. The number of carbonyl (C=O) groups excluding carboxylic acids is 1. The van der Waals surface area contributed by atoms with Gasteiger partial charge in [-0.2, -0.15) is 0 Å². The molecule has 0 unspecified atom stereocenters. The standard InChI is InChI=1S/C32H32ClFN2O3S/c1-32(2,3)22-8-12-26-28(16-22)40-31(29(26)30(37)35-18-25-5-4-14-38-25)36-17-21-15-23(33)9-13-27(21)39-19-20-6-10-24(34)11-7-20/h4-7,9-11,13-15,17,22H,8,12,16,18-19H2,1-3H3,(H,35,37)/t22-/m0/s1. The molecule has 5 rings (SSSR count). The number of carbonyl (C=O) groups is 1. The van der Waals surface area contributed by atoms with Gasteiger partial charge >= 0.3 is 0 Å². The van der Waals surface area contributed by atoms with Crippen LogP contribution in [0.4, 0.5) is 9.39 Å². The van der Waals surface area contributed by atoms with Gasteiger partial charge in [0.1, 0.15) is 28.9 Å². The molecule has 0 aliphatic heterocycles. The van der Waals surface area contributed by atoms with Crippen LogP contribution >= 0.6 is 22.9 Å². The number of nitrogens with one attached hydrogen (secondary N) is 1. The maximum atomic E-state index is 13.5. The Hall–Kier alpha value is -3.42. The molecule has 2 heterocycles. The number of nitrogens with zero attached hydrogens (tertiary/aromatic N) is 1. The van der Waals surface area contributed by atoms with Crippen LogP contribution in [0.25, 0.3) is 0 Å². The molecule has 1 atom stereocenters. The van der Waals surface area contributed by atoms with Gasteiger partial charge in [-0.05, 0) is 84.2 Å². The maximum absolute atomic E-state index is 13.5. The smallest absolute Gasteiger partial charge is 0.255 e. The Kier molecular flexibility index (Phi) is 8.43. The van der Waals surface area contributed by atoms with E-state index in [2.05, 4.69) is 26.1 Å². The number of aliphatic imine (C=N–C) groups is 1. The van der Waals surface area contributed by atoms with Gasteiger partial charge in [-0.25, -0.2) is 9.38 Å². The van der Waals surface area contributed by atoms with Crippen LogP contribution in [0.15, 0.2) is 70.3 Å². The monoisotopic (exact) mass is 578 g/mol.